The molecule has 0 amide bonds. The maximum atomic E-state index is 12.6. The Bertz CT molecular complexity index is 1530. The fourth-order valence-electron chi connectivity index (χ4n) is 3.72. The normalized spacial score (nSPS) is 12.3. The fraction of sp³-hybridized carbons (Fsp3) is 0.0455. The van der Waals surface area contributed by atoms with E-state index in [9.17, 15) is 4.79 Å². The number of pyridine rings is 1. The average molecular weight is 477 g/mol. The summed E-state index contributed by atoms with van der Waals surface area (Å²) in [6.45, 7) is 0.209. The van der Waals surface area contributed by atoms with Crippen molar-refractivity contribution in [3.63, 3.8) is 0 Å². The molecule has 0 fully saturated rings. The second kappa shape index (κ2) is 6.72. The van der Waals surface area contributed by atoms with Crippen LogP contribution in [0.15, 0.2) is 85.9 Å². The SMILES string of the molecule is O=c1ccn2c3c(cc(OCn4nnc5ccccc54)cc13)Sc1ccc(Br)cc1-2. The minimum atomic E-state index is -0.0294. The third-order valence-corrected chi connectivity index (χ3v) is 6.69. The van der Waals surface area contributed by atoms with E-state index >= 15 is 0 Å². The van der Waals surface area contributed by atoms with Crippen molar-refractivity contribution in [1.29, 1.82) is 0 Å². The summed E-state index contributed by atoms with van der Waals surface area (Å²) in [5, 5.41) is 8.95. The highest BCUT2D eigenvalue weighted by atomic mass is 79.9. The van der Waals surface area contributed by atoms with E-state index in [4.69, 9.17) is 4.74 Å². The molecule has 3 heterocycles. The molecule has 3 aromatic carbocycles. The van der Waals surface area contributed by atoms with Gasteiger partial charge in [-0.3, -0.25) is 4.79 Å². The largest absolute Gasteiger partial charge is 0.471 e. The van der Waals surface area contributed by atoms with Gasteiger partial charge in [-0.15, -0.1) is 5.10 Å². The van der Waals surface area contributed by atoms with Crippen molar-refractivity contribution in [2.24, 2.45) is 0 Å². The van der Waals surface area contributed by atoms with Crippen LogP contribution in [0.25, 0.3) is 27.6 Å². The zero-order valence-electron chi connectivity index (χ0n) is 15.4. The highest BCUT2D eigenvalue weighted by Crippen LogP contribution is 2.44. The van der Waals surface area contributed by atoms with Crippen LogP contribution in [0.1, 0.15) is 0 Å². The van der Waals surface area contributed by atoms with Crippen LogP contribution in [-0.4, -0.2) is 19.6 Å². The molecular formula is C22H13BrN4O2S. The number of nitrogens with zero attached hydrogens (tertiary/aromatic N) is 4. The summed E-state index contributed by atoms with van der Waals surface area (Å²) in [6.07, 6.45) is 1.83. The van der Waals surface area contributed by atoms with E-state index in [-0.39, 0.29) is 12.2 Å². The molecule has 0 radical (unpaired) electrons. The number of hydrogen-bond acceptors (Lipinski definition) is 5. The number of halogens is 1. The van der Waals surface area contributed by atoms with Crippen LogP contribution >= 0.6 is 27.7 Å². The summed E-state index contributed by atoms with van der Waals surface area (Å²) >= 11 is 5.18. The quantitative estimate of drug-likeness (QED) is 0.359. The van der Waals surface area contributed by atoms with Gasteiger partial charge in [0.05, 0.1) is 22.1 Å². The third-order valence-electron chi connectivity index (χ3n) is 5.10. The lowest BCUT2D eigenvalue weighted by molar-refractivity contribution is 0.223. The van der Waals surface area contributed by atoms with Crippen LogP contribution in [0.3, 0.4) is 0 Å². The Kier molecular flexibility index (Phi) is 3.97. The Morgan fingerprint density at radius 1 is 1.03 bits per heavy atom. The van der Waals surface area contributed by atoms with Gasteiger partial charge in [0.25, 0.3) is 0 Å². The first-order valence-corrected chi connectivity index (χ1v) is 10.9. The molecule has 0 unspecified atom stereocenters. The van der Waals surface area contributed by atoms with E-state index in [0.717, 1.165) is 36.5 Å². The first-order chi connectivity index (χ1) is 14.7. The minimum Gasteiger partial charge on any atom is -0.471 e. The maximum absolute atomic E-state index is 12.6. The van der Waals surface area contributed by atoms with E-state index in [0.29, 0.717) is 11.1 Å². The molecule has 0 spiro atoms. The number of aromatic nitrogens is 4. The van der Waals surface area contributed by atoms with Gasteiger partial charge in [-0.05, 0) is 42.5 Å². The van der Waals surface area contributed by atoms with Gasteiger partial charge in [-0.25, -0.2) is 4.68 Å². The van der Waals surface area contributed by atoms with Gasteiger partial charge in [0.2, 0.25) is 0 Å². The lowest BCUT2D eigenvalue weighted by Gasteiger charge is -2.23. The van der Waals surface area contributed by atoms with E-state index < -0.39 is 0 Å². The molecule has 146 valence electrons. The predicted molar refractivity (Wildman–Crippen MR) is 120 cm³/mol. The lowest BCUT2D eigenvalue weighted by Crippen LogP contribution is -2.12. The van der Waals surface area contributed by atoms with Gasteiger partial charge in [0, 0.05) is 26.5 Å². The first-order valence-electron chi connectivity index (χ1n) is 9.26. The number of para-hydroxylation sites is 1. The molecule has 0 saturated carbocycles. The van der Waals surface area contributed by atoms with Crippen LogP contribution in [0.2, 0.25) is 0 Å². The molecule has 0 bridgehead atoms. The number of fused-ring (bicyclic) bond motifs is 3. The van der Waals surface area contributed by atoms with Crippen molar-refractivity contribution in [3.8, 4) is 11.4 Å². The van der Waals surface area contributed by atoms with Crippen LogP contribution in [0, 0.1) is 0 Å². The van der Waals surface area contributed by atoms with Gasteiger partial charge in [0.15, 0.2) is 12.2 Å². The van der Waals surface area contributed by atoms with Gasteiger partial charge >= 0.3 is 0 Å². The molecule has 1 aliphatic rings. The Balaban J connectivity index is 1.45. The molecule has 30 heavy (non-hydrogen) atoms. The smallest absolute Gasteiger partial charge is 0.189 e. The standard InChI is InChI=1S/C22H13BrN4O2S/c23-13-5-6-20-18(9-13)26-8-7-19(28)15-10-14(11-21(30-20)22(15)26)29-12-27-17-4-2-1-3-16(17)24-25-27/h1-11H,12H2. The fourth-order valence-corrected chi connectivity index (χ4v) is 5.18. The molecule has 0 atom stereocenters. The maximum Gasteiger partial charge on any atom is 0.189 e. The first kappa shape index (κ1) is 17.7. The molecule has 8 heteroatoms. The Morgan fingerprint density at radius 3 is 2.87 bits per heavy atom. The lowest BCUT2D eigenvalue weighted by atomic mass is 10.1. The number of hydrogen-bond donors (Lipinski definition) is 0. The summed E-state index contributed by atoms with van der Waals surface area (Å²) in [6, 6.07) is 19.3. The van der Waals surface area contributed by atoms with Crippen molar-refractivity contribution < 1.29 is 4.74 Å². The minimum absolute atomic E-state index is 0.0294. The molecule has 5 aromatic rings. The highest BCUT2D eigenvalue weighted by molar-refractivity contribution is 9.10. The Labute approximate surface area is 183 Å². The molecule has 6 rings (SSSR count). The molecular weight excluding hydrogens is 464 g/mol. The van der Waals surface area contributed by atoms with E-state index in [2.05, 4.69) is 42.9 Å². The third kappa shape index (κ3) is 2.75. The van der Waals surface area contributed by atoms with Gasteiger partial charge in [0.1, 0.15) is 11.3 Å². The predicted octanol–water partition coefficient (Wildman–Crippen LogP) is 5.00. The van der Waals surface area contributed by atoms with Crippen LogP contribution in [0.5, 0.6) is 5.75 Å². The monoisotopic (exact) mass is 476 g/mol. The van der Waals surface area contributed by atoms with Crippen molar-refractivity contribution in [3.05, 3.63) is 81.6 Å². The summed E-state index contributed by atoms with van der Waals surface area (Å²) in [4.78, 5) is 14.8. The second-order valence-corrected chi connectivity index (χ2v) is 8.93. The Morgan fingerprint density at radius 2 is 1.93 bits per heavy atom. The van der Waals surface area contributed by atoms with Gasteiger partial charge < -0.3 is 9.30 Å². The molecule has 6 nitrogen and oxygen atoms in total. The average Bonchev–Trinajstić information content (AvgIpc) is 3.17. The molecule has 2 aromatic heterocycles. The summed E-state index contributed by atoms with van der Waals surface area (Å²) in [7, 11) is 0. The van der Waals surface area contributed by atoms with Gasteiger partial charge in [-0.2, -0.15) is 0 Å². The molecule has 0 aliphatic carbocycles. The summed E-state index contributed by atoms with van der Waals surface area (Å²) in [5.74, 6) is 0.625. The molecule has 1 aliphatic heterocycles. The molecule has 0 N–H and O–H groups in total. The van der Waals surface area contributed by atoms with Crippen molar-refractivity contribution in [1.82, 2.24) is 19.6 Å². The zero-order chi connectivity index (χ0) is 20.2. The van der Waals surface area contributed by atoms with Crippen LogP contribution < -0.4 is 10.2 Å². The zero-order valence-corrected chi connectivity index (χ0v) is 17.9. The molecule has 0 saturated heterocycles. The van der Waals surface area contributed by atoms with Crippen molar-refractivity contribution >= 4 is 49.6 Å². The van der Waals surface area contributed by atoms with E-state index in [1.807, 2.05) is 42.6 Å². The van der Waals surface area contributed by atoms with Crippen LogP contribution in [0.4, 0.5) is 0 Å². The number of benzene rings is 3. The number of rotatable bonds is 3. The van der Waals surface area contributed by atoms with E-state index in [1.54, 1.807) is 28.6 Å². The number of ether oxygens (including phenoxy) is 1. The Hall–Kier alpha value is -3.10. The second-order valence-electron chi connectivity index (χ2n) is 6.93. The summed E-state index contributed by atoms with van der Waals surface area (Å²) in [5.41, 5.74) is 3.64. The van der Waals surface area contributed by atoms with Crippen LogP contribution in [-0.2, 0) is 6.73 Å². The highest BCUT2D eigenvalue weighted by Gasteiger charge is 2.21. The summed E-state index contributed by atoms with van der Waals surface area (Å²) < 4.78 is 10.8. The van der Waals surface area contributed by atoms with Crippen molar-refractivity contribution in [2.75, 3.05) is 0 Å². The topological polar surface area (TPSA) is 61.9 Å². The van der Waals surface area contributed by atoms with Gasteiger partial charge in [-0.1, -0.05) is 45.0 Å². The van der Waals surface area contributed by atoms with E-state index in [1.165, 1.54) is 0 Å². The van der Waals surface area contributed by atoms with Crippen molar-refractivity contribution in [2.45, 2.75) is 16.5 Å².